The highest BCUT2D eigenvalue weighted by atomic mass is 32.2. The van der Waals surface area contributed by atoms with Crippen LogP contribution in [0.2, 0.25) is 0 Å². The third-order valence-electron chi connectivity index (χ3n) is 6.39. The molecule has 0 radical (unpaired) electrons. The van der Waals surface area contributed by atoms with Crippen molar-refractivity contribution in [3.63, 3.8) is 0 Å². The van der Waals surface area contributed by atoms with Crippen LogP contribution in [0.5, 0.6) is 5.75 Å². The van der Waals surface area contributed by atoms with E-state index in [2.05, 4.69) is 15.2 Å². The number of fused-ring (bicyclic) bond motifs is 1. The Morgan fingerprint density at radius 3 is 2.38 bits per heavy atom. The molecule has 1 atom stereocenters. The van der Waals surface area contributed by atoms with Crippen LogP contribution in [0, 0.1) is 5.82 Å². The Balaban J connectivity index is 1.63. The zero-order valence-corrected chi connectivity index (χ0v) is 22.7. The molecule has 0 aliphatic carbocycles. The van der Waals surface area contributed by atoms with Crippen molar-refractivity contribution in [3.8, 4) is 28.1 Å². The molecule has 5 rings (SSSR count). The van der Waals surface area contributed by atoms with Crippen LogP contribution in [0.3, 0.4) is 0 Å². The molecule has 10 nitrogen and oxygen atoms in total. The van der Waals surface area contributed by atoms with Gasteiger partial charge >= 0.3 is 12.3 Å². The van der Waals surface area contributed by atoms with Crippen LogP contribution in [-0.4, -0.2) is 38.7 Å². The summed E-state index contributed by atoms with van der Waals surface area (Å²) in [6, 6.07) is 9.37. The second kappa shape index (κ2) is 10.9. The molecule has 3 aromatic heterocycles. The molecule has 3 N–H and O–H groups in total. The van der Waals surface area contributed by atoms with E-state index in [4.69, 9.17) is 10.5 Å². The van der Waals surface area contributed by atoms with Crippen molar-refractivity contribution in [2.45, 2.75) is 25.3 Å². The number of hydrogen-bond acceptors (Lipinski definition) is 7. The minimum absolute atomic E-state index is 0.0581. The van der Waals surface area contributed by atoms with Crippen LogP contribution in [0.25, 0.3) is 33.3 Å². The van der Waals surface area contributed by atoms with E-state index in [1.54, 1.807) is 14.0 Å². The standard InChI is InChI=1S/C26H22F5N7O3S/c1-13(14-3-6-17(27)7-4-14)41-20-9-15(5-8-19(20)36-42(39,40)26(30)31)22-21-23(37(2)35-22)18(11-33-24(21)32)16-10-34-38(12-16)25(28)29/h3-13,25-26,36H,1-2H3,(H2,32,33)/t13-/m0/s1. The highest BCUT2D eigenvalue weighted by molar-refractivity contribution is 7.93. The van der Waals surface area contributed by atoms with E-state index in [-0.39, 0.29) is 22.9 Å². The summed E-state index contributed by atoms with van der Waals surface area (Å²) in [6.45, 7) is -1.25. The third kappa shape index (κ3) is 5.44. The molecular formula is C26H22F5N7O3S. The average molecular weight is 608 g/mol. The number of alkyl halides is 4. The van der Waals surface area contributed by atoms with Crippen LogP contribution in [0.1, 0.15) is 25.1 Å². The van der Waals surface area contributed by atoms with E-state index in [1.807, 2.05) is 4.72 Å². The van der Waals surface area contributed by atoms with E-state index < -0.39 is 34.3 Å². The number of rotatable bonds is 9. The quantitative estimate of drug-likeness (QED) is 0.205. The summed E-state index contributed by atoms with van der Waals surface area (Å²) in [6.07, 6.45) is 3.03. The Bertz CT molecular complexity index is 1880. The van der Waals surface area contributed by atoms with E-state index in [1.165, 1.54) is 59.5 Å². The summed E-state index contributed by atoms with van der Waals surface area (Å²) in [7, 11) is -3.46. The van der Waals surface area contributed by atoms with Gasteiger partial charge in [0.1, 0.15) is 29.2 Å². The van der Waals surface area contributed by atoms with Gasteiger partial charge in [0.25, 0.3) is 10.0 Å². The number of ether oxygens (including phenoxy) is 1. The number of aryl methyl sites for hydroxylation is 1. The van der Waals surface area contributed by atoms with Gasteiger partial charge in [-0.25, -0.2) is 22.5 Å². The van der Waals surface area contributed by atoms with Crippen molar-refractivity contribution < 1.29 is 35.1 Å². The molecule has 0 unspecified atom stereocenters. The zero-order chi connectivity index (χ0) is 30.3. The number of nitrogens with one attached hydrogen (secondary N) is 1. The molecule has 0 saturated heterocycles. The summed E-state index contributed by atoms with van der Waals surface area (Å²) >= 11 is 0. The van der Waals surface area contributed by atoms with Crippen molar-refractivity contribution in [1.29, 1.82) is 0 Å². The van der Waals surface area contributed by atoms with E-state index >= 15 is 0 Å². The molecule has 0 bridgehead atoms. The lowest BCUT2D eigenvalue weighted by molar-refractivity contribution is 0.0566. The topological polar surface area (TPSA) is 130 Å². The molecule has 42 heavy (non-hydrogen) atoms. The van der Waals surface area contributed by atoms with Crippen molar-refractivity contribution in [3.05, 3.63) is 72.4 Å². The van der Waals surface area contributed by atoms with Crippen molar-refractivity contribution in [1.82, 2.24) is 24.5 Å². The molecule has 5 aromatic rings. The number of pyridine rings is 1. The van der Waals surface area contributed by atoms with E-state index in [0.29, 0.717) is 37.8 Å². The number of aromatic nitrogens is 5. The Morgan fingerprint density at radius 1 is 1.02 bits per heavy atom. The number of hydrogen-bond donors (Lipinski definition) is 2. The number of nitrogens with zero attached hydrogens (tertiary/aromatic N) is 5. The second-order valence-corrected chi connectivity index (χ2v) is 10.8. The molecule has 0 saturated carbocycles. The van der Waals surface area contributed by atoms with Gasteiger partial charge in [-0.3, -0.25) is 9.40 Å². The van der Waals surface area contributed by atoms with Gasteiger partial charge in [-0.05, 0) is 36.8 Å². The molecule has 0 fully saturated rings. The minimum Gasteiger partial charge on any atom is -0.484 e. The monoisotopic (exact) mass is 607 g/mol. The van der Waals surface area contributed by atoms with Gasteiger partial charge in [-0.2, -0.15) is 27.8 Å². The summed E-state index contributed by atoms with van der Waals surface area (Å²) in [5.74, 6) is -4.26. The normalized spacial score (nSPS) is 12.8. The molecule has 0 amide bonds. The van der Waals surface area contributed by atoms with Crippen LogP contribution < -0.4 is 15.2 Å². The Kier molecular flexibility index (Phi) is 7.49. The second-order valence-electron chi connectivity index (χ2n) is 9.17. The molecular weight excluding hydrogens is 585 g/mol. The molecule has 0 aliphatic heterocycles. The average Bonchev–Trinajstić information content (AvgIpc) is 3.56. The first-order valence-corrected chi connectivity index (χ1v) is 13.7. The third-order valence-corrected chi connectivity index (χ3v) is 7.36. The Labute approximate surface area is 235 Å². The van der Waals surface area contributed by atoms with Crippen LogP contribution in [0.15, 0.2) is 61.1 Å². The first-order chi connectivity index (χ1) is 19.9. The fourth-order valence-corrected chi connectivity index (χ4v) is 4.94. The largest absolute Gasteiger partial charge is 0.484 e. The number of halogens is 5. The Morgan fingerprint density at radius 2 is 1.74 bits per heavy atom. The lowest BCUT2D eigenvalue weighted by Crippen LogP contribution is -2.21. The highest BCUT2D eigenvalue weighted by Gasteiger charge is 2.27. The first-order valence-electron chi connectivity index (χ1n) is 12.2. The highest BCUT2D eigenvalue weighted by Crippen LogP contribution is 2.40. The fraction of sp³-hybridized carbons (Fsp3) is 0.192. The molecule has 0 aliphatic rings. The van der Waals surface area contributed by atoms with Gasteiger partial charge in [-0.15, -0.1) is 0 Å². The molecule has 220 valence electrons. The van der Waals surface area contributed by atoms with E-state index in [9.17, 15) is 30.4 Å². The van der Waals surface area contributed by atoms with Gasteiger partial charge in [0.2, 0.25) is 0 Å². The summed E-state index contributed by atoms with van der Waals surface area (Å²) in [5.41, 5.74) is 8.26. The molecule has 3 heterocycles. The smallest absolute Gasteiger partial charge is 0.355 e. The number of sulfonamides is 1. The molecule has 16 heteroatoms. The van der Waals surface area contributed by atoms with Gasteiger partial charge < -0.3 is 10.5 Å². The van der Waals surface area contributed by atoms with Crippen molar-refractivity contribution >= 4 is 32.4 Å². The van der Waals surface area contributed by atoms with Crippen LogP contribution in [-0.2, 0) is 17.1 Å². The SMILES string of the molecule is C[C@H](Oc1cc(-c2nn(C)c3c(-c4cnn(C(F)F)c4)cnc(N)c23)ccc1NS(=O)(=O)C(F)F)c1ccc(F)cc1. The molecule has 2 aromatic carbocycles. The first kappa shape index (κ1) is 28.8. The summed E-state index contributed by atoms with van der Waals surface area (Å²) in [5, 5.41) is 8.55. The van der Waals surface area contributed by atoms with Gasteiger partial charge in [-0.1, -0.05) is 18.2 Å². The Hall–Kier alpha value is -4.73. The minimum atomic E-state index is -5.06. The zero-order valence-electron chi connectivity index (χ0n) is 21.8. The van der Waals surface area contributed by atoms with Crippen LogP contribution >= 0.6 is 0 Å². The van der Waals surface area contributed by atoms with Gasteiger partial charge in [0, 0.05) is 36.1 Å². The van der Waals surface area contributed by atoms with Gasteiger partial charge in [0.15, 0.2) is 0 Å². The lowest BCUT2D eigenvalue weighted by atomic mass is 10.0. The maximum absolute atomic E-state index is 13.4. The summed E-state index contributed by atoms with van der Waals surface area (Å²) < 4.78 is 99.8. The fourth-order valence-electron chi connectivity index (χ4n) is 4.37. The number of anilines is 2. The van der Waals surface area contributed by atoms with Gasteiger partial charge in [0.05, 0.1) is 22.8 Å². The predicted molar refractivity (Wildman–Crippen MR) is 145 cm³/mol. The predicted octanol–water partition coefficient (Wildman–Crippen LogP) is 5.72. The molecule has 0 spiro atoms. The summed E-state index contributed by atoms with van der Waals surface area (Å²) in [4.78, 5) is 4.20. The van der Waals surface area contributed by atoms with Crippen molar-refractivity contribution in [2.24, 2.45) is 7.05 Å². The van der Waals surface area contributed by atoms with Crippen molar-refractivity contribution in [2.75, 3.05) is 10.5 Å². The number of benzene rings is 2. The lowest BCUT2D eigenvalue weighted by Gasteiger charge is -2.19. The van der Waals surface area contributed by atoms with E-state index in [0.717, 1.165) is 6.20 Å². The number of nitrogen functional groups attached to an aromatic ring is 1. The maximum atomic E-state index is 13.4. The maximum Gasteiger partial charge on any atom is 0.355 e. The number of nitrogens with two attached hydrogens (primary N) is 1. The van der Waals surface area contributed by atoms with Crippen LogP contribution in [0.4, 0.5) is 33.5 Å².